The zero-order valence-corrected chi connectivity index (χ0v) is 19.8. The second-order valence-electron chi connectivity index (χ2n) is 9.86. The number of para-hydroxylation sites is 2. The van der Waals surface area contributed by atoms with Crippen molar-refractivity contribution in [3.8, 4) is 5.69 Å². The maximum Gasteiger partial charge on any atom is 0.252 e. The van der Waals surface area contributed by atoms with Crippen LogP contribution in [0.15, 0.2) is 103 Å². The Kier molecular flexibility index (Phi) is 3.64. The van der Waals surface area contributed by atoms with Gasteiger partial charge in [0, 0.05) is 39.3 Å². The van der Waals surface area contributed by atoms with Gasteiger partial charge >= 0.3 is 0 Å². The first-order chi connectivity index (χ1) is 17.2. The number of hydrogen-bond donors (Lipinski definition) is 0. The van der Waals surface area contributed by atoms with E-state index in [1.807, 2.05) is 0 Å². The number of benzene rings is 5. The Bertz CT molecular complexity index is 1840. The molecule has 0 bridgehead atoms. The Balaban J connectivity index is 1.50. The van der Waals surface area contributed by atoms with Crippen molar-refractivity contribution in [2.75, 3.05) is 4.90 Å². The van der Waals surface area contributed by atoms with Crippen LogP contribution in [0.4, 0.5) is 17.1 Å². The molecular formula is C32H23BN2. The molecule has 0 aliphatic carbocycles. The van der Waals surface area contributed by atoms with Gasteiger partial charge < -0.3 is 9.47 Å². The van der Waals surface area contributed by atoms with Gasteiger partial charge in [-0.05, 0) is 76.9 Å². The van der Waals surface area contributed by atoms with E-state index in [0.29, 0.717) is 0 Å². The van der Waals surface area contributed by atoms with Crippen molar-refractivity contribution in [2.24, 2.45) is 0 Å². The third-order valence-electron chi connectivity index (χ3n) is 8.19. The molecule has 164 valence electrons. The molecule has 1 aromatic heterocycles. The van der Waals surface area contributed by atoms with Crippen LogP contribution < -0.4 is 21.3 Å². The molecule has 0 saturated carbocycles. The second-order valence-corrected chi connectivity index (χ2v) is 9.86. The number of aromatic nitrogens is 1. The van der Waals surface area contributed by atoms with Crippen LogP contribution in [0.25, 0.3) is 27.4 Å². The lowest BCUT2D eigenvalue weighted by Gasteiger charge is -2.40. The Morgan fingerprint density at radius 3 is 2.23 bits per heavy atom. The third-order valence-corrected chi connectivity index (χ3v) is 8.19. The maximum atomic E-state index is 2.50. The lowest BCUT2D eigenvalue weighted by molar-refractivity contribution is 1.04. The van der Waals surface area contributed by atoms with E-state index in [1.54, 1.807) is 0 Å². The smallest absolute Gasteiger partial charge is 0.252 e. The van der Waals surface area contributed by atoms with E-state index in [0.717, 1.165) is 0 Å². The number of hydrogen-bond acceptors (Lipinski definition) is 1. The van der Waals surface area contributed by atoms with Gasteiger partial charge in [0.1, 0.15) is 0 Å². The zero-order valence-electron chi connectivity index (χ0n) is 19.8. The SMILES string of the molecule is Cc1c(C)n2c3c(cccc13)B1c3ccccc3N(c3ccc4ccccc4c3)c3cccc-2c31. The van der Waals surface area contributed by atoms with Crippen LogP contribution in [0.2, 0.25) is 0 Å². The molecule has 0 saturated heterocycles. The van der Waals surface area contributed by atoms with Gasteiger partial charge in [-0.2, -0.15) is 0 Å². The largest absolute Gasteiger partial charge is 0.315 e. The summed E-state index contributed by atoms with van der Waals surface area (Å²) in [5, 5.41) is 3.90. The number of aryl methyl sites for hydroxylation is 1. The Morgan fingerprint density at radius 1 is 0.600 bits per heavy atom. The summed E-state index contributed by atoms with van der Waals surface area (Å²) in [6.07, 6.45) is 0. The van der Waals surface area contributed by atoms with Gasteiger partial charge in [-0.3, -0.25) is 0 Å². The standard InChI is InChI=1S/C32H23BN2/c1-20-21(2)34-29-15-8-16-30-31(29)33(27-13-7-11-25(20)32(27)34)26-12-5-6-14-28(26)35(30)24-18-17-22-9-3-4-10-23(22)19-24/h3-19H,1-2H3. The summed E-state index contributed by atoms with van der Waals surface area (Å²) in [7, 11) is 0. The van der Waals surface area contributed by atoms with Gasteiger partial charge in [0.15, 0.2) is 0 Å². The molecule has 3 heteroatoms. The molecule has 5 aromatic carbocycles. The molecule has 35 heavy (non-hydrogen) atoms. The number of rotatable bonds is 1. The van der Waals surface area contributed by atoms with Crippen molar-refractivity contribution in [2.45, 2.75) is 13.8 Å². The second kappa shape index (κ2) is 6.67. The summed E-state index contributed by atoms with van der Waals surface area (Å²) in [4.78, 5) is 2.47. The molecule has 0 fully saturated rings. The van der Waals surface area contributed by atoms with Gasteiger partial charge in [-0.15, -0.1) is 0 Å². The monoisotopic (exact) mass is 446 g/mol. The van der Waals surface area contributed by atoms with E-state index in [9.17, 15) is 0 Å². The Labute approximate surface area is 205 Å². The van der Waals surface area contributed by atoms with E-state index >= 15 is 0 Å². The van der Waals surface area contributed by atoms with E-state index in [4.69, 9.17) is 0 Å². The van der Waals surface area contributed by atoms with Crippen molar-refractivity contribution >= 4 is 61.8 Å². The quantitative estimate of drug-likeness (QED) is 0.280. The fraction of sp³-hybridized carbons (Fsp3) is 0.0625. The average molecular weight is 446 g/mol. The van der Waals surface area contributed by atoms with Crippen LogP contribution in [0.5, 0.6) is 0 Å². The molecule has 0 atom stereocenters. The van der Waals surface area contributed by atoms with Gasteiger partial charge in [0.25, 0.3) is 6.71 Å². The van der Waals surface area contributed by atoms with Crippen LogP contribution in [0.3, 0.4) is 0 Å². The van der Waals surface area contributed by atoms with Gasteiger partial charge in [0.2, 0.25) is 0 Å². The fourth-order valence-corrected chi connectivity index (χ4v) is 6.54. The first-order valence-corrected chi connectivity index (χ1v) is 12.3. The number of anilines is 3. The van der Waals surface area contributed by atoms with E-state index in [1.165, 1.54) is 72.1 Å². The van der Waals surface area contributed by atoms with Crippen LogP contribution in [-0.2, 0) is 0 Å². The third kappa shape index (κ3) is 2.35. The highest BCUT2D eigenvalue weighted by Gasteiger charge is 2.41. The number of fused-ring (bicyclic) bond motifs is 5. The molecule has 8 rings (SSSR count). The van der Waals surface area contributed by atoms with Crippen LogP contribution >= 0.6 is 0 Å². The fourth-order valence-electron chi connectivity index (χ4n) is 6.54. The van der Waals surface area contributed by atoms with Crippen LogP contribution in [0.1, 0.15) is 11.3 Å². The minimum absolute atomic E-state index is 0.221. The summed E-state index contributed by atoms with van der Waals surface area (Å²) < 4.78 is 2.50. The Hall–Kier alpha value is -4.24. The molecule has 0 amide bonds. The lowest BCUT2D eigenvalue weighted by Crippen LogP contribution is -2.60. The zero-order chi connectivity index (χ0) is 23.3. The van der Waals surface area contributed by atoms with Crippen molar-refractivity contribution < 1.29 is 0 Å². The topological polar surface area (TPSA) is 8.17 Å². The van der Waals surface area contributed by atoms with Crippen molar-refractivity contribution in [3.05, 3.63) is 114 Å². The highest BCUT2D eigenvalue weighted by molar-refractivity contribution is 7.00. The molecule has 0 N–H and O–H groups in total. The molecule has 0 spiro atoms. The highest BCUT2D eigenvalue weighted by Crippen LogP contribution is 2.40. The minimum atomic E-state index is 0.221. The molecule has 6 aromatic rings. The summed E-state index contributed by atoms with van der Waals surface area (Å²) in [5.74, 6) is 0. The van der Waals surface area contributed by atoms with Gasteiger partial charge in [-0.1, -0.05) is 72.8 Å². The average Bonchev–Trinajstić information content (AvgIpc) is 3.17. The predicted octanol–water partition coefficient (Wildman–Crippen LogP) is 6.01. The highest BCUT2D eigenvalue weighted by atomic mass is 15.2. The molecular weight excluding hydrogens is 423 g/mol. The molecule has 0 radical (unpaired) electrons. The summed E-state index contributed by atoms with van der Waals surface area (Å²) in [6, 6.07) is 38.1. The van der Waals surface area contributed by atoms with E-state index in [2.05, 4.69) is 126 Å². The maximum absolute atomic E-state index is 2.50. The first kappa shape index (κ1) is 19.1. The van der Waals surface area contributed by atoms with Crippen molar-refractivity contribution in [3.63, 3.8) is 0 Å². The minimum Gasteiger partial charge on any atom is -0.315 e. The van der Waals surface area contributed by atoms with Crippen molar-refractivity contribution in [1.82, 2.24) is 4.57 Å². The van der Waals surface area contributed by atoms with E-state index < -0.39 is 0 Å². The van der Waals surface area contributed by atoms with E-state index in [-0.39, 0.29) is 6.71 Å². The lowest BCUT2D eigenvalue weighted by atomic mass is 9.34. The molecule has 2 nitrogen and oxygen atoms in total. The van der Waals surface area contributed by atoms with Gasteiger partial charge in [-0.25, -0.2) is 0 Å². The summed E-state index contributed by atoms with van der Waals surface area (Å²) in [5.41, 5.74) is 13.3. The molecule has 3 heterocycles. The summed E-state index contributed by atoms with van der Waals surface area (Å²) >= 11 is 0. The van der Waals surface area contributed by atoms with Crippen LogP contribution in [0, 0.1) is 13.8 Å². The normalized spacial score (nSPS) is 13.3. The summed E-state index contributed by atoms with van der Waals surface area (Å²) in [6.45, 7) is 4.74. The first-order valence-electron chi connectivity index (χ1n) is 12.3. The molecule has 0 unspecified atom stereocenters. The number of nitrogens with zero attached hydrogens (tertiary/aromatic N) is 2. The van der Waals surface area contributed by atoms with Gasteiger partial charge in [0.05, 0.1) is 0 Å². The Morgan fingerprint density at radius 2 is 1.31 bits per heavy atom. The predicted molar refractivity (Wildman–Crippen MR) is 150 cm³/mol. The van der Waals surface area contributed by atoms with Crippen molar-refractivity contribution in [1.29, 1.82) is 0 Å². The van der Waals surface area contributed by atoms with Crippen LogP contribution in [-0.4, -0.2) is 11.3 Å². The molecule has 2 aliphatic rings. The molecule has 2 aliphatic heterocycles.